The molecular formula is C16H20N2O2S. The Balaban J connectivity index is 1.82. The number of nitrogens with zero attached hydrogens (tertiary/aromatic N) is 1. The van der Waals surface area contributed by atoms with Crippen LogP contribution in [0.15, 0.2) is 35.7 Å². The van der Waals surface area contributed by atoms with Gasteiger partial charge in [0.25, 0.3) is 0 Å². The molecule has 0 bridgehead atoms. The van der Waals surface area contributed by atoms with Crippen molar-refractivity contribution < 1.29 is 9.53 Å². The topological polar surface area (TPSA) is 51.2 Å². The van der Waals surface area contributed by atoms with Crippen LogP contribution in [0.4, 0.5) is 0 Å². The average molecular weight is 304 g/mol. The van der Waals surface area contributed by atoms with Gasteiger partial charge in [0.15, 0.2) is 0 Å². The Labute approximate surface area is 129 Å². The molecule has 0 spiro atoms. The summed E-state index contributed by atoms with van der Waals surface area (Å²) in [4.78, 5) is 16.3. The highest BCUT2D eigenvalue weighted by atomic mass is 32.1. The predicted octanol–water partition coefficient (Wildman–Crippen LogP) is 2.97. The van der Waals surface area contributed by atoms with Crippen LogP contribution < -0.4 is 10.1 Å². The highest BCUT2D eigenvalue weighted by molar-refractivity contribution is 7.09. The van der Waals surface area contributed by atoms with Gasteiger partial charge in [0, 0.05) is 5.38 Å². The Hall–Kier alpha value is -1.88. The van der Waals surface area contributed by atoms with Crippen molar-refractivity contribution in [2.75, 3.05) is 0 Å². The van der Waals surface area contributed by atoms with Gasteiger partial charge in [-0.05, 0) is 32.9 Å². The molecule has 0 aliphatic rings. The summed E-state index contributed by atoms with van der Waals surface area (Å²) in [5.74, 6) is 0.775. The van der Waals surface area contributed by atoms with E-state index >= 15 is 0 Å². The van der Waals surface area contributed by atoms with Gasteiger partial charge in [-0.2, -0.15) is 0 Å². The molecule has 1 aromatic carbocycles. The number of amides is 1. The summed E-state index contributed by atoms with van der Waals surface area (Å²) in [6, 6.07) is 9.54. The van der Waals surface area contributed by atoms with Gasteiger partial charge in [0.1, 0.15) is 11.9 Å². The molecule has 1 heterocycles. The molecule has 4 nitrogen and oxygen atoms in total. The quantitative estimate of drug-likeness (QED) is 0.892. The van der Waals surface area contributed by atoms with E-state index in [1.165, 1.54) is 0 Å². The lowest BCUT2D eigenvalue weighted by atomic mass is 10.2. The van der Waals surface area contributed by atoms with E-state index in [9.17, 15) is 4.79 Å². The number of ether oxygens (including phenoxy) is 1. The average Bonchev–Trinajstić information content (AvgIpc) is 2.84. The van der Waals surface area contributed by atoms with Crippen LogP contribution in [0.2, 0.25) is 0 Å². The second kappa shape index (κ2) is 7.22. The van der Waals surface area contributed by atoms with Gasteiger partial charge in [-0.25, -0.2) is 4.98 Å². The molecule has 0 saturated heterocycles. The van der Waals surface area contributed by atoms with Crippen LogP contribution in [-0.2, 0) is 11.2 Å². The van der Waals surface area contributed by atoms with Crippen LogP contribution in [0.5, 0.6) is 5.75 Å². The van der Waals surface area contributed by atoms with Gasteiger partial charge in [-0.15, -0.1) is 11.3 Å². The zero-order valence-electron chi connectivity index (χ0n) is 12.5. The first-order valence-electron chi connectivity index (χ1n) is 6.96. The third kappa shape index (κ3) is 4.86. The molecule has 1 amide bonds. The highest BCUT2D eigenvalue weighted by Crippen LogP contribution is 2.13. The number of benzene rings is 1. The number of hydrogen-bond acceptors (Lipinski definition) is 4. The fraction of sp³-hybridized carbons (Fsp3) is 0.375. The Morgan fingerprint density at radius 2 is 2.05 bits per heavy atom. The molecular weight excluding hydrogens is 284 g/mol. The number of carbonyl (C=O) groups excluding carboxylic acids is 1. The van der Waals surface area contributed by atoms with Gasteiger partial charge >= 0.3 is 0 Å². The maximum Gasteiger partial charge on any atom is 0.226 e. The molecule has 0 radical (unpaired) electrons. The largest absolute Gasteiger partial charge is 0.489 e. The fourth-order valence-corrected chi connectivity index (χ4v) is 2.50. The summed E-state index contributed by atoms with van der Waals surface area (Å²) in [7, 11) is 0. The number of nitrogens with one attached hydrogen (secondary N) is 1. The number of hydrogen-bond donors (Lipinski definition) is 1. The van der Waals surface area contributed by atoms with Crippen LogP contribution in [0, 0.1) is 6.92 Å². The van der Waals surface area contributed by atoms with Gasteiger partial charge in [-0.3, -0.25) is 4.79 Å². The molecule has 21 heavy (non-hydrogen) atoms. The molecule has 1 aromatic heterocycles. The Bertz CT molecular complexity index is 583. The Morgan fingerprint density at radius 3 is 2.67 bits per heavy atom. The lowest BCUT2D eigenvalue weighted by Crippen LogP contribution is -2.43. The van der Waals surface area contributed by atoms with E-state index in [-0.39, 0.29) is 18.1 Å². The first-order valence-corrected chi connectivity index (χ1v) is 7.84. The van der Waals surface area contributed by atoms with Crippen LogP contribution in [0.3, 0.4) is 0 Å². The second-order valence-electron chi connectivity index (χ2n) is 5.03. The molecule has 112 valence electrons. The standard InChI is InChI=1S/C16H20N2O2S/c1-11(12(2)20-15-7-5-4-6-8-15)17-16(19)9-14-10-21-13(3)18-14/h4-8,10-12H,9H2,1-3H3,(H,17,19)/t11-,12-/m0/s1. The molecule has 2 atom stereocenters. The summed E-state index contributed by atoms with van der Waals surface area (Å²) in [6.45, 7) is 5.83. The van der Waals surface area contributed by atoms with Crippen molar-refractivity contribution in [2.45, 2.75) is 39.3 Å². The smallest absolute Gasteiger partial charge is 0.226 e. The minimum atomic E-state index is -0.103. The van der Waals surface area contributed by atoms with Crippen LogP contribution in [-0.4, -0.2) is 23.0 Å². The minimum Gasteiger partial charge on any atom is -0.489 e. The third-order valence-corrected chi connectivity index (χ3v) is 3.99. The second-order valence-corrected chi connectivity index (χ2v) is 6.09. The maximum absolute atomic E-state index is 12.0. The normalized spacial score (nSPS) is 13.5. The summed E-state index contributed by atoms with van der Waals surface area (Å²) < 4.78 is 5.80. The van der Waals surface area contributed by atoms with E-state index in [0.29, 0.717) is 6.42 Å². The first-order chi connectivity index (χ1) is 10.0. The molecule has 0 aliphatic heterocycles. The van der Waals surface area contributed by atoms with Crippen molar-refractivity contribution in [1.29, 1.82) is 0 Å². The lowest BCUT2D eigenvalue weighted by molar-refractivity contribution is -0.121. The highest BCUT2D eigenvalue weighted by Gasteiger charge is 2.17. The van der Waals surface area contributed by atoms with Crippen LogP contribution in [0.25, 0.3) is 0 Å². The number of carbonyl (C=O) groups is 1. The number of rotatable bonds is 6. The SMILES string of the molecule is Cc1nc(CC(=O)N[C@@H](C)[C@H](C)Oc2ccccc2)cs1. The van der Waals surface area contributed by atoms with E-state index in [0.717, 1.165) is 16.5 Å². The fourth-order valence-electron chi connectivity index (χ4n) is 1.89. The van der Waals surface area contributed by atoms with E-state index in [4.69, 9.17) is 4.74 Å². The third-order valence-electron chi connectivity index (χ3n) is 3.17. The van der Waals surface area contributed by atoms with Crippen molar-refractivity contribution in [1.82, 2.24) is 10.3 Å². The van der Waals surface area contributed by atoms with Crippen molar-refractivity contribution >= 4 is 17.2 Å². The number of para-hydroxylation sites is 1. The molecule has 1 N–H and O–H groups in total. The zero-order valence-corrected chi connectivity index (χ0v) is 13.3. The number of aryl methyl sites for hydroxylation is 1. The lowest BCUT2D eigenvalue weighted by Gasteiger charge is -2.22. The molecule has 2 rings (SSSR count). The van der Waals surface area contributed by atoms with Gasteiger partial charge < -0.3 is 10.1 Å². The minimum absolute atomic E-state index is 0.0312. The zero-order chi connectivity index (χ0) is 15.2. The van der Waals surface area contributed by atoms with Crippen molar-refractivity contribution in [3.8, 4) is 5.75 Å². The number of thiazole rings is 1. The molecule has 5 heteroatoms. The van der Waals surface area contributed by atoms with Crippen LogP contribution in [0.1, 0.15) is 24.5 Å². The van der Waals surface area contributed by atoms with Gasteiger partial charge in [0.05, 0.1) is 23.2 Å². The molecule has 0 aliphatic carbocycles. The van der Waals surface area contributed by atoms with Crippen molar-refractivity contribution in [3.63, 3.8) is 0 Å². The summed E-state index contributed by atoms with van der Waals surface area (Å²) in [5, 5.41) is 5.86. The summed E-state index contributed by atoms with van der Waals surface area (Å²) in [5.41, 5.74) is 0.818. The van der Waals surface area contributed by atoms with Crippen LogP contribution >= 0.6 is 11.3 Å². The van der Waals surface area contributed by atoms with E-state index < -0.39 is 0 Å². The molecule has 2 aromatic rings. The Kier molecular flexibility index (Phi) is 5.33. The van der Waals surface area contributed by atoms with E-state index in [2.05, 4.69) is 10.3 Å². The van der Waals surface area contributed by atoms with Gasteiger partial charge in [0.2, 0.25) is 5.91 Å². The van der Waals surface area contributed by atoms with Crippen molar-refractivity contribution in [3.05, 3.63) is 46.4 Å². The molecule has 0 fully saturated rings. The summed E-state index contributed by atoms with van der Waals surface area (Å²) in [6.07, 6.45) is 0.209. The van der Waals surface area contributed by atoms with Crippen molar-refractivity contribution in [2.24, 2.45) is 0 Å². The first kappa shape index (κ1) is 15.5. The molecule has 0 saturated carbocycles. The monoisotopic (exact) mass is 304 g/mol. The van der Waals surface area contributed by atoms with E-state index in [1.54, 1.807) is 11.3 Å². The van der Waals surface area contributed by atoms with Gasteiger partial charge in [-0.1, -0.05) is 18.2 Å². The summed E-state index contributed by atoms with van der Waals surface area (Å²) >= 11 is 1.56. The van der Waals surface area contributed by atoms with E-state index in [1.807, 2.05) is 56.5 Å². The molecule has 0 unspecified atom stereocenters. The number of aromatic nitrogens is 1. The predicted molar refractivity (Wildman–Crippen MR) is 84.7 cm³/mol. The Morgan fingerprint density at radius 1 is 1.33 bits per heavy atom. The maximum atomic E-state index is 12.0.